The number of thioether (sulfide) groups is 1. The molecule has 14 heavy (non-hydrogen) atoms. The smallest absolute Gasteiger partial charge is 0.168 e. The van der Waals surface area contributed by atoms with Gasteiger partial charge in [0, 0.05) is 24.0 Å². The van der Waals surface area contributed by atoms with Gasteiger partial charge in [-0.2, -0.15) is 0 Å². The first-order valence-corrected chi connectivity index (χ1v) is 6.22. The predicted octanol–water partition coefficient (Wildman–Crippen LogP) is 1.41. The second kappa shape index (κ2) is 3.00. The summed E-state index contributed by atoms with van der Waals surface area (Å²) in [4.78, 5) is 4.59. The molecule has 76 valence electrons. The Kier molecular flexibility index (Phi) is 1.89. The van der Waals surface area contributed by atoms with Gasteiger partial charge in [-0.3, -0.25) is 0 Å². The van der Waals surface area contributed by atoms with E-state index in [4.69, 9.17) is 5.73 Å². The Labute approximate surface area is 88.1 Å². The summed E-state index contributed by atoms with van der Waals surface area (Å²) in [6.45, 7) is 1.13. The molecule has 3 nitrogen and oxygen atoms in total. The molecule has 0 spiro atoms. The van der Waals surface area contributed by atoms with Crippen molar-refractivity contribution in [2.75, 3.05) is 5.75 Å². The van der Waals surface area contributed by atoms with Gasteiger partial charge in [0.25, 0.3) is 0 Å². The van der Waals surface area contributed by atoms with E-state index in [9.17, 15) is 0 Å². The number of nitrogens with two attached hydrogens (primary N) is 1. The SMILES string of the molecule is NC1(CCc2cn3c(n2)SCC3)CC1. The van der Waals surface area contributed by atoms with E-state index in [-0.39, 0.29) is 5.54 Å². The fourth-order valence-corrected chi connectivity index (χ4v) is 2.83. The molecule has 4 heteroatoms. The van der Waals surface area contributed by atoms with Crippen LogP contribution >= 0.6 is 11.8 Å². The third-order valence-corrected chi connectivity index (χ3v) is 4.10. The molecular formula is C10H15N3S. The number of imidazole rings is 1. The van der Waals surface area contributed by atoms with Crippen LogP contribution in [0.5, 0.6) is 0 Å². The highest BCUT2D eigenvalue weighted by Crippen LogP contribution is 2.36. The van der Waals surface area contributed by atoms with E-state index in [2.05, 4.69) is 15.7 Å². The molecule has 1 aliphatic carbocycles. The minimum Gasteiger partial charge on any atom is -0.325 e. The Morgan fingerprint density at radius 3 is 3.14 bits per heavy atom. The minimum atomic E-state index is 0.168. The highest BCUT2D eigenvalue weighted by atomic mass is 32.2. The summed E-state index contributed by atoms with van der Waals surface area (Å²) in [5.74, 6) is 1.18. The predicted molar refractivity (Wildman–Crippen MR) is 57.4 cm³/mol. The van der Waals surface area contributed by atoms with Gasteiger partial charge >= 0.3 is 0 Å². The van der Waals surface area contributed by atoms with Gasteiger partial charge in [0.1, 0.15) is 0 Å². The molecule has 0 atom stereocenters. The Morgan fingerprint density at radius 2 is 2.43 bits per heavy atom. The summed E-state index contributed by atoms with van der Waals surface area (Å²) in [6, 6.07) is 0. The first kappa shape index (κ1) is 8.80. The van der Waals surface area contributed by atoms with E-state index in [0.717, 1.165) is 19.4 Å². The monoisotopic (exact) mass is 209 g/mol. The van der Waals surface area contributed by atoms with Crippen LogP contribution in [0, 0.1) is 0 Å². The fourth-order valence-electron chi connectivity index (χ4n) is 1.87. The molecule has 1 aliphatic heterocycles. The maximum atomic E-state index is 6.05. The quantitative estimate of drug-likeness (QED) is 0.818. The average Bonchev–Trinajstić information content (AvgIpc) is 2.61. The zero-order chi connectivity index (χ0) is 9.60. The van der Waals surface area contributed by atoms with Crippen molar-refractivity contribution in [2.24, 2.45) is 5.73 Å². The van der Waals surface area contributed by atoms with Crippen LogP contribution in [0.4, 0.5) is 0 Å². The molecule has 0 bridgehead atoms. The fraction of sp³-hybridized carbons (Fsp3) is 0.700. The highest BCUT2D eigenvalue weighted by Gasteiger charge is 2.37. The third-order valence-electron chi connectivity index (χ3n) is 3.12. The maximum Gasteiger partial charge on any atom is 0.168 e. The van der Waals surface area contributed by atoms with Crippen molar-refractivity contribution in [2.45, 2.75) is 42.9 Å². The molecule has 0 amide bonds. The number of rotatable bonds is 3. The van der Waals surface area contributed by atoms with Gasteiger partial charge in [-0.15, -0.1) is 0 Å². The lowest BCUT2D eigenvalue weighted by Gasteiger charge is -2.05. The van der Waals surface area contributed by atoms with E-state index < -0.39 is 0 Å². The van der Waals surface area contributed by atoms with Crippen molar-refractivity contribution in [1.82, 2.24) is 9.55 Å². The first-order valence-electron chi connectivity index (χ1n) is 5.23. The Balaban J connectivity index is 1.66. The van der Waals surface area contributed by atoms with Crippen molar-refractivity contribution in [3.8, 4) is 0 Å². The summed E-state index contributed by atoms with van der Waals surface area (Å²) in [5, 5.41) is 1.20. The van der Waals surface area contributed by atoms with Crippen LogP contribution in [-0.4, -0.2) is 20.8 Å². The van der Waals surface area contributed by atoms with Crippen molar-refractivity contribution < 1.29 is 0 Å². The standard InChI is InChI=1S/C10H15N3S/c11-10(3-4-10)2-1-8-7-13-5-6-14-9(13)12-8/h7H,1-6,11H2. The molecular weight excluding hydrogens is 194 g/mol. The summed E-state index contributed by atoms with van der Waals surface area (Å²) in [6.07, 6.45) is 6.76. The molecule has 0 radical (unpaired) electrons. The molecule has 2 N–H and O–H groups in total. The zero-order valence-corrected chi connectivity index (χ0v) is 9.02. The lowest BCUT2D eigenvalue weighted by molar-refractivity contribution is 0.603. The number of fused-ring (bicyclic) bond motifs is 1. The number of hydrogen-bond acceptors (Lipinski definition) is 3. The summed E-state index contributed by atoms with van der Waals surface area (Å²) in [7, 11) is 0. The number of hydrogen-bond donors (Lipinski definition) is 1. The van der Waals surface area contributed by atoms with E-state index in [1.54, 1.807) is 0 Å². The van der Waals surface area contributed by atoms with Crippen LogP contribution in [0.3, 0.4) is 0 Å². The number of aromatic nitrogens is 2. The van der Waals surface area contributed by atoms with Crippen molar-refractivity contribution in [3.05, 3.63) is 11.9 Å². The Bertz CT molecular complexity index is 333. The van der Waals surface area contributed by atoms with Crippen LogP contribution in [0.15, 0.2) is 11.4 Å². The zero-order valence-electron chi connectivity index (χ0n) is 8.20. The topological polar surface area (TPSA) is 43.8 Å². The molecule has 0 aromatic carbocycles. The van der Waals surface area contributed by atoms with Gasteiger partial charge in [-0.1, -0.05) is 11.8 Å². The Hall–Kier alpha value is -0.480. The van der Waals surface area contributed by atoms with Gasteiger partial charge in [-0.25, -0.2) is 4.98 Å². The van der Waals surface area contributed by atoms with Crippen LogP contribution in [0.2, 0.25) is 0 Å². The van der Waals surface area contributed by atoms with Gasteiger partial charge in [0.05, 0.1) is 5.69 Å². The van der Waals surface area contributed by atoms with Gasteiger partial charge < -0.3 is 10.3 Å². The molecule has 1 saturated carbocycles. The Morgan fingerprint density at radius 1 is 1.57 bits per heavy atom. The largest absolute Gasteiger partial charge is 0.325 e. The van der Waals surface area contributed by atoms with Crippen LogP contribution in [0.25, 0.3) is 0 Å². The van der Waals surface area contributed by atoms with Crippen LogP contribution in [0.1, 0.15) is 25.0 Å². The lowest BCUT2D eigenvalue weighted by atomic mass is 10.1. The second-order valence-electron chi connectivity index (χ2n) is 4.42. The van der Waals surface area contributed by atoms with E-state index in [0.29, 0.717) is 0 Å². The normalized spacial score (nSPS) is 22.4. The second-order valence-corrected chi connectivity index (χ2v) is 5.48. The van der Waals surface area contributed by atoms with Crippen LogP contribution < -0.4 is 5.73 Å². The molecule has 3 rings (SSSR count). The molecule has 2 aliphatic rings. The molecule has 2 heterocycles. The summed E-state index contributed by atoms with van der Waals surface area (Å²) < 4.78 is 2.26. The van der Waals surface area contributed by atoms with E-state index >= 15 is 0 Å². The van der Waals surface area contributed by atoms with Crippen molar-refractivity contribution in [3.63, 3.8) is 0 Å². The molecule has 0 unspecified atom stereocenters. The molecule has 1 aromatic rings. The highest BCUT2D eigenvalue weighted by molar-refractivity contribution is 7.99. The summed E-state index contributed by atoms with van der Waals surface area (Å²) in [5.41, 5.74) is 7.44. The molecule has 1 aromatic heterocycles. The van der Waals surface area contributed by atoms with E-state index in [1.807, 2.05) is 11.8 Å². The van der Waals surface area contributed by atoms with Crippen molar-refractivity contribution >= 4 is 11.8 Å². The molecule has 0 saturated heterocycles. The molecule has 1 fully saturated rings. The lowest BCUT2D eigenvalue weighted by Crippen LogP contribution is -2.22. The maximum absolute atomic E-state index is 6.05. The average molecular weight is 209 g/mol. The number of aryl methyl sites for hydroxylation is 2. The van der Waals surface area contributed by atoms with Crippen LogP contribution in [-0.2, 0) is 13.0 Å². The van der Waals surface area contributed by atoms with E-state index in [1.165, 1.54) is 29.4 Å². The number of nitrogens with zero attached hydrogens (tertiary/aromatic N) is 2. The van der Waals surface area contributed by atoms with Crippen molar-refractivity contribution in [1.29, 1.82) is 0 Å². The van der Waals surface area contributed by atoms with Gasteiger partial charge in [-0.05, 0) is 25.7 Å². The van der Waals surface area contributed by atoms with Gasteiger partial charge in [0.2, 0.25) is 0 Å². The minimum absolute atomic E-state index is 0.168. The van der Waals surface area contributed by atoms with Gasteiger partial charge in [0.15, 0.2) is 5.16 Å². The third kappa shape index (κ3) is 1.57. The summed E-state index contributed by atoms with van der Waals surface area (Å²) >= 11 is 1.86. The first-order chi connectivity index (χ1) is 6.75.